The lowest BCUT2D eigenvalue weighted by Crippen LogP contribution is -2.59. The van der Waals surface area contributed by atoms with Crippen LogP contribution in [0.2, 0.25) is 0 Å². The van der Waals surface area contributed by atoms with Crippen LogP contribution in [0.1, 0.15) is 47.1 Å². The zero-order valence-electron chi connectivity index (χ0n) is 20.3. The lowest BCUT2D eigenvalue weighted by atomic mass is 9.98. The van der Waals surface area contributed by atoms with Crippen molar-refractivity contribution in [3.8, 4) is 0 Å². The van der Waals surface area contributed by atoms with Crippen LogP contribution in [0, 0.1) is 17.8 Å². The number of carboxylic acid groups (broad SMARTS) is 1. The summed E-state index contributed by atoms with van der Waals surface area (Å²) in [6.07, 6.45) is 0.160. The van der Waals surface area contributed by atoms with Crippen molar-refractivity contribution in [3.63, 3.8) is 0 Å². The molecule has 0 saturated heterocycles. The predicted octanol–water partition coefficient (Wildman–Crippen LogP) is 1.06. The fourth-order valence-electron chi connectivity index (χ4n) is 3.18. The molecule has 4 atom stereocenters. The van der Waals surface area contributed by atoms with Gasteiger partial charge >= 0.3 is 5.97 Å². The third kappa shape index (κ3) is 8.84. The first kappa shape index (κ1) is 28.1. The van der Waals surface area contributed by atoms with Crippen molar-refractivity contribution in [1.29, 1.82) is 0 Å². The van der Waals surface area contributed by atoms with Crippen LogP contribution < -0.4 is 21.7 Å². The van der Waals surface area contributed by atoms with Crippen LogP contribution in [-0.2, 0) is 25.6 Å². The van der Waals surface area contributed by atoms with Crippen molar-refractivity contribution in [3.05, 3.63) is 35.9 Å². The van der Waals surface area contributed by atoms with Crippen LogP contribution in [0.3, 0.4) is 0 Å². The molecule has 1 rings (SSSR count). The number of carbonyl (C=O) groups is 4. The minimum atomic E-state index is -1.15. The Hall–Kier alpha value is -2.94. The van der Waals surface area contributed by atoms with Gasteiger partial charge < -0.3 is 26.8 Å². The van der Waals surface area contributed by atoms with Gasteiger partial charge in [-0.1, -0.05) is 71.9 Å². The average molecular weight is 463 g/mol. The van der Waals surface area contributed by atoms with E-state index in [2.05, 4.69) is 16.0 Å². The molecule has 0 heterocycles. The fraction of sp³-hybridized carbons (Fsp3) is 0.583. The van der Waals surface area contributed by atoms with Crippen LogP contribution in [0.4, 0.5) is 0 Å². The number of hydrogen-bond acceptors (Lipinski definition) is 5. The van der Waals surface area contributed by atoms with Gasteiger partial charge in [0.2, 0.25) is 17.7 Å². The van der Waals surface area contributed by atoms with Crippen LogP contribution >= 0.6 is 0 Å². The number of carboxylic acids is 1. The van der Waals surface area contributed by atoms with Crippen molar-refractivity contribution >= 4 is 23.7 Å². The maximum absolute atomic E-state index is 13.1. The Kier molecular flexibility index (Phi) is 11.0. The van der Waals surface area contributed by atoms with E-state index < -0.39 is 47.9 Å². The Bertz CT molecular complexity index is 810. The molecule has 33 heavy (non-hydrogen) atoms. The Morgan fingerprint density at radius 2 is 1.27 bits per heavy atom. The molecule has 0 spiro atoms. The van der Waals surface area contributed by atoms with Crippen molar-refractivity contribution in [2.75, 3.05) is 0 Å². The summed E-state index contributed by atoms with van der Waals surface area (Å²) in [6.45, 7) is 10.5. The summed E-state index contributed by atoms with van der Waals surface area (Å²) in [5, 5.41) is 17.3. The molecular weight excluding hydrogens is 424 g/mol. The van der Waals surface area contributed by atoms with Gasteiger partial charge in [-0.2, -0.15) is 0 Å². The van der Waals surface area contributed by atoms with Gasteiger partial charge in [0.05, 0.1) is 6.04 Å². The summed E-state index contributed by atoms with van der Waals surface area (Å²) in [5.41, 5.74) is 6.70. The zero-order valence-corrected chi connectivity index (χ0v) is 20.3. The van der Waals surface area contributed by atoms with E-state index in [0.29, 0.717) is 0 Å². The molecule has 0 saturated carbocycles. The highest BCUT2D eigenvalue weighted by molar-refractivity contribution is 5.94. The summed E-state index contributed by atoms with van der Waals surface area (Å²) in [4.78, 5) is 50.1. The quantitative estimate of drug-likeness (QED) is 0.313. The van der Waals surface area contributed by atoms with Crippen LogP contribution in [0.5, 0.6) is 0 Å². The van der Waals surface area contributed by atoms with Crippen molar-refractivity contribution in [2.45, 2.75) is 72.1 Å². The van der Waals surface area contributed by atoms with Gasteiger partial charge in [0.25, 0.3) is 0 Å². The number of nitrogens with one attached hydrogen (secondary N) is 3. The highest BCUT2D eigenvalue weighted by Gasteiger charge is 2.32. The number of rotatable bonds is 12. The molecule has 6 N–H and O–H groups in total. The molecule has 0 aromatic heterocycles. The van der Waals surface area contributed by atoms with Gasteiger partial charge in [0.1, 0.15) is 18.1 Å². The van der Waals surface area contributed by atoms with E-state index in [1.54, 1.807) is 27.7 Å². The maximum Gasteiger partial charge on any atom is 0.326 e. The molecule has 184 valence electrons. The van der Waals surface area contributed by atoms with E-state index in [1.807, 2.05) is 44.2 Å². The van der Waals surface area contributed by atoms with E-state index in [1.165, 1.54) is 0 Å². The predicted molar refractivity (Wildman–Crippen MR) is 126 cm³/mol. The third-order valence-corrected chi connectivity index (χ3v) is 5.41. The van der Waals surface area contributed by atoms with Gasteiger partial charge in [0.15, 0.2) is 0 Å². The lowest BCUT2D eigenvalue weighted by Gasteiger charge is -2.28. The number of amides is 3. The second-order valence-corrected chi connectivity index (χ2v) is 9.32. The molecule has 0 radical (unpaired) electrons. The van der Waals surface area contributed by atoms with Gasteiger partial charge in [-0.15, -0.1) is 0 Å². The molecule has 0 fully saturated rings. The summed E-state index contributed by atoms with van der Waals surface area (Å²) in [5.74, 6) is -3.48. The molecule has 0 aliphatic heterocycles. The summed E-state index contributed by atoms with van der Waals surface area (Å²) in [6, 6.07) is 5.27. The first-order valence-corrected chi connectivity index (χ1v) is 11.3. The molecule has 0 aliphatic rings. The number of hydrogen-bond donors (Lipinski definition) is 5. The number of aliphatic carboxylic acids is 1. The minimum Gasteiger partial charge on any atom is -0.480 e. The summed E-state index contributed by atoms with van der Waals surface area (Å²) < 4.78 is 0. The van der Waals surface area contributed by atoms with Gasteiger partial charge in [0, 0.05) is 6.42 Å². The molecule has 0 aliphatic carbocycles. The SMILES string of the molecule is CC(C)C(N)C(=O)NC(C(=O)NC(Cc1ccccc1)C(=O)NC(C(=O)O)C(C)C)C(C)C. The minimum absolute atomic E-state index is 0.110. The van der Waals surface area contributed by atoms with Crippen LogP contribution in [0.25, 0.3) is 0 Å². The topological polar surface area (TPSA) is 151 Å². The second kappa shape index (κ2) is 12.9. The van der Waals surface area contributed by atoms with Gasteiger partial charge in [-0.05, 0) is 23.3 Å². The van der Waals surface area contributed by atoms with E-state index in [4.69, 9.17) is 5.73 Å². The molecule has 0 bridgehead atoms. The molecule has 9 nitrogen and oxygen atoms in total. The standard InChI is InChI=1S/C24H38N4O5/c1-13(2)18(25)22(30)27-19(14(3)4)23(31)26-17(12-16-10-8-7-9-11-16)21(29)28-20(15(5)6)24(32)33/h7-11,13-15,17-20H,12,25H2,1-6H3,(H,26,31)(H,27,30)(H,28,29)(H,32,33). The Balaban J connectivity index is 3.10. The molecule has 3 amide bonds. The van der Waals surface area contributed by atoms with Crippen LogP contribution in [0.15, 0.2) is 30.3 Å². The maximum atomic E-state index is 13.1. The Morgan fingerprint density at radius 1 is 0.758 bits per heavy atom. The van der Waals surface area contributed by atoms with Gasteiger partial charge in [-0.3, -0.25) is 14.4 Å². The van der Waals surface area contributed by atoms with Crippen molar-refractivity contribution in [2.24, 2.45) is 23.5 Å². The van der Waals surface area contributed by atoms with E-state index in [0.717, 1.165) is 5.56 Å². The summed E-state index contributed by atoms with van der Waals surface area (Å²) in [7, 11) is 0. The number of nitrogens with two attached hydrogens (primary N) is 1. The molecule has 1 aromatic rings. The van der Waals surface area contributed by atoms with E-state index in [9.17, 15) is 24.3 Å². The monoisotopic (exact) mass is 462 g/mol. The Labute approximate surface area is 195 Å². The average Bonchev–Trinajstić information content (AvgIpc) is 2.74. The Morgan fingerprint density at radius 3 is 1.73 bits per heavy atom. The molecular formula is C24H38N4O5. The third-order valence-electron chi connectivity index (χ3n) is 5.41. The zero-order chi connectivity index (χ0) is 25.3. The number of benzene rings is 1. The molecule has 9 heteroatoms. The fourth-order valence-corrected chi connectivity index (χ4v) is 3.18. The highest BCUT2D eigenvalue weighted by Crippen LogP contribution is 2.09. The van der Waals surface area contributed by atoms with Gasteiger partial charge in [-0.25, -0.2) is 4.79 Å². The molecule has 1 aromatic carbocycles. The van der Waals surface area contributed by atoms with Crippen LogP contribution in [-0.4, -0.2) is 53.0 Å². The normalized spacial score (nSPS) is 15.0. The van der Waals surface area contributed by atoms with Crippen molar-refractivity contribution in [1.82, 2.24) is 16.0 Å². The first-order chi connectivity index (χ1) is 15.3. The molecule has 4 unspecified atom stereocenters. The lowest BCUT2D eigenvalue weighted by molar-refractivity contribution is -0.143. The summed E-state index contributed by atoms with van der Waals surface area (Å²) >= 11 is 0. The van der Waals surface area contributed by atoms with E-state index >= 15 is 0 Å². The van der Waals surface area contributed by atoms with Crippen molar-refractivity contribution < 1.29 is 24.3 Å². The number of carbonyl (C=O) groups excluding carboxylic acids is 3. The smallest absolute Gasteiger partial charge is 0.326 e. The largest absolute Gasteiger partial charge is 0.480 e. The highest BCUT2D eigenvalue weighted by atomic mass is 16.4. The second-order valence-electron chi connectivity index (χ2n) is 9.32. The first-order valence-electron chi connectivity index (χ1n) is 11.3. The van der Waals surface area contributed by atoms with E-state index in [-0.39, 0.29) is 24.2 Å².